The lowest BCUT2D eigenvalue weighted by molar-refractivity contribution is 1.29. The number of hydrogen-bond donors (Lipinski definition) is 1. The molecule has 0 fully saturated rings. The first-order valence-electron chi connectivity index (χ1n) is 9.41. The summed E-state index contributed by atoms with van der Waals surface area (Å²) in [6.45, 7) is 12.8. The highest BCUT2D eigenvalue weighted by Crippen LogP contribution is 2.29. The molecule has 0 spiro atoms. The Kier molecular flexibility index (Phi) is 5.46. The zero-order chi connectivity index (χ0) is 19.6. The zero-order valence-electron chi connectivity index (χ0n) is 17.1. The van der Waals surface area contributed by atoms with Gasteiger partial charge in [0.2, 0.25) is 0 Å². The Morgan fingerprint density at radius 3 is 1.81 bits per heavy atom. The van der Waals surface area contributed by atoms with Crippen LogP contribution < -0.4 is 5.32 Å². The number of rotatable bonds is 4. The standard InChI is InChI=1S/C25H28N2/c1-16-11-18(3)24(19(4)12-16)26-15-22-9-7-8-10-23(22)27-25-20(5)13-17(2)14-21(25)6/h7-15,27H,1-6H3. The first kappa shape index (κ1) is 18.9. The van der Waals surface area contributed by atoms with E-state index in [1.165, 1.54) is 39.1 Å². The molecular weight excluding hydrogens is 328 g/mol. The van der Waals surface area contributed by atoms with E-state index >= 15 is 0 Å². The Labute approximate surface area is 163 Å². The van der Waals surface area contributed by atoms with Crippen LogP contribution in [-0.4, -0.2) is 6.21 Å². The second kappa shape index (κ2) is 7.79. The molecule has 138 valence electrons. The second-order valence-corrected chi connectivity index (χ2v) is 7.49. The summed E-state index contributed by atoms with van der Waals surface area (Å²) in [7, 11) is 0. The molecule has 0 radical (unpaired) electrons. The minimum atomic E-state index is 1.05. The third kappa shape index (κ3) is 4.28. The van der Waals surface area contributed by atoms with E-state index in [9.17, 15) is 0 Å². The molecule has 3 rings (SSSR count). The molecule has 0 aliphatic carbocycles. The van der Waals surface area contributed by atoms with E-state index in [0.717, 1.165) is 16.9 Å². The topological polar surface area (TPSA) is 24.4 Å². The fourth-order valence-electron chi connectivity index (χ4n) is 3.75. The van der Waals surface area contributed by atoms with Gasteiger partial charge in [0.25, 0.3) is 0 Å². The summed E-state index contributed by atoms with van der Waals surface area (Å²) in [6.07, 6.45) is 1.96. The predicted octanol–water partition coefficient (Wildman–Crippen LogP) is 7.03. The Balaban J connectivity index is 1.96. The molecule has 0 unspecified atom stereocenters. The quantitative estimate of drug-likeness (QED) is 0.498. The summed E-state index contributed by atoms with van der Waals surface area (Å²) in [5.74, 6) is 0. The van der Waals surface area contributed by atoms with E-state index in [1.807, 2.05) is 6.21 Å². The van der Waals surface area contributed by atoms with Crippen molar-refractivity contribution in [3.05, 3.63) is 87.5 Å². The van der Waals surface area contributed by atoms with Crippen LogP contribution in [0.5, 0.6) is 0 Å². The van der Waals surface area contributed by atoms with Crippen molar-refractivity contribution in [2.75, 3.05) is 5.32 Å². The number of aryl methyl sites for hydroxylation is 6. The highest BCUT2D eigenvalue weighted by molar-refractivity contribution is 5.91. The lowest BCUT2D eigenvalue weighted by Gasteiger charge is -2.15. The normalized spacial score (nSPS) is 11.2. The number of anilines is 2. The van der Waals surface area contributed by atoms with Crippen LogP contribution in [0.4, 0.5) is 17.1 Å². The molecule has 0 bridgehead atoms. The summed E-state index contributed by atoms with van der Waals surface area (Å²) in [6, 6.07) is 17.1. The molecule has 0 atom stereocenters. The Bertz CT molecular complexity index is 967. The van der Waals surface area contributed by atoms with Gasteiger partial charge >= 0.3 is 0 Å². The highest BCUT2D eigenvalue weighted by atomic mass is 14.9. The summed E-state index contributed by atoms with van der Waals surface area (Å²) in [5.41, 5.74) is 11.9. The van der Waals surface area contributed by atoms with Crippen molar-refractivity contribution in [2.24, 2.45) is 4.99 Å². The van der Waals surface area contributed by atoms with Gasteiger partial charge in [0.05, 0.1) is 5.69 Å². The summed E-state index contributed by atoms with van der Waals surface area (Å²) in [5, 5.41) is 3.62. The second-order valence-electron chi connectivity index (χ2n) is 7.49. The van der Waals surface area contributed by atoms with Crippen molar-refractivity contribution in [3.8, 4) is 0 Å². The average molecular weight is 357 g/mol. The maximum atomic E-state index is 4.81. The van der Waals surface area contributed by atoms with Crippen LogP contribution >= 0.6 is 0 Å². The molecule has 0 amide bonds. The fourth-order valence-corrected chi connectivity index (χ4v) is 3.75. The lowest BCUT2D eigenvalue weighted by atomic mass is 10.0. The van der Waals surface area contributed by atoms with Crippen molar-refractivity contribution in [2.45, 2.75) is 41.5 Å². The van der Waals surface area contributed by atoms with E-state index < -0.39 is 0 Å². The molecule has 0 heterocycles. The Hall–Kier alpha value is -2.87. The first-order chi connectivity index (χ1) is 12.8. The monoisotopic (exact) mass is 356 g/mol. The van der Waals surface area contributed by atoms with Gasteiger partial charge in [-0.05, 0) is 69.9 Å². The molecular formula is C25H28N2. The van der Waals surface area contributed by atoms with Crippen LogP contribution in [0.1, 0.15) is 38.9 Å². The molecule has 27 heavy (non-hydrogen) atoms. The van der Waals surface area contributed by atoms with Gasteiger partial charge in [-0.2, -0.15) is 0 Å². The van der Waals surface area contributed by atoms with Crippen molar-refractivity contribution < 1.29 is 0 Å². The number of para-hydroxylation sites is 1. The van der Waals surface area contributed by atoms with Gasteiger partial charge in [0, 0.05) is 23.2 Å². The lowest BCUT2D eigenvalue weighted by Crippen LogP contribution is -2.00. The Morgan fingerprint density at radius 1 is 0.704 bits per heavy atom. The maximum absolute atomic E-state index is 4.81. The molecule has 2 heteroatoms. The number of nitrogens with one attached hydrogen (secondary N) is 1. The zero-order valence-corrected chi connectivity index (χ0v) is 17.1. The molecule has 0 aliphatic heterocycles. The van der Waals surface area contributed by atoms with Crippen molar-refractivity contribution >= 4 is 23.3 Å². The van der Waals surface area contributed by atoms with Gasteiger partial charge in [0.15, 0.2) is 0 Å². The molecule has 1 N–H and O–H groups in total. The maximum Gasteiger partial charge on any atom is 0.0688 e. The van der Waals surface area contributed by atoms with Gasteiger partial charge in [-0.15, -0.1) is 0 Å². The molecule has 0 aliphatic rings. The number of nitrogens with zero attached hydrogens (tertiary/aromatic N) is 1. The summed E-state index contributed by atoms with van der Waals surface area (Å²) >= 11 is 0. The van der Waals surface area contributed by atoms with Crippen LogP contribution in [0.15, 0.2) is 53.5 Å². The molecule has 0 saturated heterocycles. The average Bonchev–Trinajstić information content (AvgIpc) is 2.58. The molecule has 3 aromatic rings. The van der Waals surface area contributed by atoms with Crippen molar-refractivity contribution in [3.63, 3.8) is 0 Å². The van der Waals surface area contributed by atoms with E-state index in [-0.39, 0.29) is 0 Å². The predicted molar refractivity (Wildman–Crippen MR) is 118 cm³/mol. The number of benzene rings is 3. The SMILES string of the molecule is Cc1cc(C)c(N=Cc2ccccc2Nc2c(C)cc(C)cc2C)c(C)c1. The van der Waals surface area contributed by atoms with Crippen LogP contribution in [0, 0.1) is 41.5 Å². The minimum Gasteiger partial charge on any atom is -0.355 e. The smallest absolute Gasteiger partial charge is 0.0688 e. The van der Waals surface area contributed by atoms with Crippen molar-refractivity contribution in [1.82, 2.24) is 0 Å². The highest BCUT2D eigenvalue weighted by Gasteiger charge is 2.07. The molecule has 0 saturated carbocycles. The van der Waals surface area contributed by atoms with E-state index in [0.29, 0.717) is 0 Å². The number of aliphatic imine (C=N–C) groups is 1. The minimum absolute atomic E-state index is 1.05. The van der Waals surface area contributed by atoms with Crippen LogP contribution in [0.3, 0.4) is 0 Å². The van der Waals surface area contributed by atoms with Gasteiger partial charge in [-0.3, -0.25) is 4.99 Å². The molecule has 2 nitrogen and oxygen atoms in total. The van der Waals surface area contributed by atoms with Gasteiger partial charge < -0.3 is 5.32 Å². The summed E-state index contributed by atoms with van der Waals surface area (Å²) in [4.78, 5) is 4.81. The van der Waals surface area contributed by atoms with Crippen molar-refractivity contribution in [1.29, 1.82) is 0 Å². The van der Waals surface area contributed by atoms with Crippen LogP contribution in [-0.2, 0) is 0 Å². The van der Waals surface area contributed by atoms with E-state index in [1.54, 1.807) is 0 Å². The van der Waals surface area contributed by atoms with Crippen LogP contribution in [0.2, 0.25) is 0 Å². The molecule has 3 aromatic carbocycles. The van der Waals surface area contributed by atoms with Crippen LogP contribution in [0.25, 0.3) is 0 Å². The third-order valence-corrected chi connectivity index (χ3v) is 4.87. The van der Waals surface area contributed by atoms with Gasteiger partial charge in [-0.25, -0.2) is 0 Å². The third-order valence-electron chi connectivity index (χ3n) is 4.87. The Morgan fingerprint density at radius 2 is 1.22 bits per heavy atom. The fraction of sp³-hybridized carbons (Fsp3) is 0.240. The van der Waals surface area contributed by atoms with E-state index in [4.69, 9.17) is 4.99 Å². The largest absolute Gasteiger partial charge is 0.355 e. The summed E-state index contributed by atoms with van der Waals surface area (Å²) < 4.78 is 0. The van der Waals surface area contributed by atoms with Gasteiger partial charge in [-0.1, -0.05) is 53.6 Å². The van der Waals surface area contributed by atoms with Gasteiger partial charge in [0.1, 0.15) is 0 Å². The number of hydrogen-bond acceptors (Lipinski definition) is 2. The first-order valence-corrected chi connectivity index (χ1v) is 9.41. The molecule has 0 aromatic heterocycles. The van der Waals surface area contributed by atoms with E-state index in [2.05, 4.69) is 95.4 Å².